The molecule has 0 aliphatic heterocycles. The van der Waals surface area contributed by atoms with Crippen LogP contribution in [0, 0.1) is 6.92 Å². The van der Waals surface area contributed by atoms with Crippen molar-refractivity contribution in [3.63, 3.8) is 0 Å². The Morgan fingerprint density at radius 2 is 1.88 bits per heavy atom. The maximum Gasteiger partial charge on any atom is 0.416 e. The van der Waals surface area contributed by atoms with Crippen LogP contribution in [0.25, 0.3) is 6.08 Å². The summed E-state index contributed by atoms with van der Waals surface area (Å²) in [4.78, 5) is 11.7. The third-order valence-corrected chi connectivity index (χ3v) is 3.24. The van der Waals surface area contributed by atoms with Crippen molar-refractivity contribution in [3.8, 4) is 0 Å². The van der Waals surface area contributed by atoms with Gasteiger partial charge in [-0.05, 0) is 36.3 Å². The predicted molar refractivity (Wildman–Crippen MR) is 87.0 cm³/mol. The summed E-state index contributed by atoms with van der Waals surface area (Å²) < 4.78 is 37.8. The summed E-state index contributed by atoms with van der Waals surface area (Å²) in [6.45, 7) is 2.33. The monoisotopic (exact) mass is 334 g/mol. The molecule has 0 bridgehead atoms. The summed E-state index contributed by atoms with van der Waals surface area (Å²) in [5.74, 6) is 0. The van der Waals surface area contributed by atoms with Gasteiger partial charge in [-0.3, -0.25) is 0 Å². The van der Waals surface area contributed by atoms with Gasteiger partial charge >= 0.3 is 12.2 Å². The van der Waals surface area contributed by atoms with E-state index in [0.717, 1.165) is 23.3 Å². The first-order valence-corrected chi connectivity index (χ1v) is 7.28. The van der Waals surface area contributed by atoms with Crippen molar-refractivity contribution in [3.05, 3.63) is 77.0 Å². The second-order valence-corrected chi connectivity index (χ2v) is 5.27. The minimum absolute atomic E-state index is 0.351. The molecule has 126 valence electrons. The third-order valence-electron chi connectivity index (χ3n) is 3.24. The standard InChI is InChI=1S/C18H17F3N2O/c1-13-4-2-6-15(10-13)12-23-17(24)22-9-8-14-5-3-7-16(11-14)18(19,20)21/h2-11H,12H2,1H3,(H2,22,23,24)/b9-8+. The molecule has 0 aliphatic rings. The van der Waals surface area contributed by atoms with Crippen molar-refractivity contribution in [2.75, 3.05) is 0 Å². The molecular formula is C18H17F3N2O. The fourth-order valence-corrected chi connectivity index (χ4v) is 2.09. The maximum atomic E-state index is 12.6. The van der Waals surface area contributed by atoms with Crippen LogP contribution < -0.4 is 10.6 Å². The Kier molecular flexibility index (Phi) is 5.63. The number of alkyl halides is 3. The van der Waals surface area contributed by atoms with E-state index in [0.29, 0.717) is 12.1 Å². The van der Waals surface area contributed by atoms with E-state index in [1.165, 1.54) is 24.4 Å². The number of carbonyl (C=O) groups excluding carboxylic acids is 1. The molecule has 3 nitrogen and oxygen atoms in total. The van der Waals surface area contributed by atoms with Crippen LogP contribution in [0.3, 0.4) is 0 Å². The van der Waals surface area contributed by atoms with Gasteiger partial charge in [0.2, 0.25) is 0 Å². The molecule has 0 aromatic heterocycles. The van der Waals surface area contributed by atoms with Gasteiger partial charge in [0.15, 0.2) is 0 Å². The SMILES string of the molecule is Cc1cccc(CNC(=O)N/C=C/c2cccc(C(F)(F)F)c2)c1. The molecule has 0 unspecified atom stereocenters. The minimum atomic E-state index is -4.39. The van der Waals surface area contributed by atoms with Gasteiger partial charge in [0.1, 0.15) is 0 Å². The van der Waals surface area contributed by atoms with E-state index in [-0.39, 0.29) is 0 Å². The zero-order valence-electron chi connectivity index (χ0n) is 13.0. The lowest BCUT2D eigenvalue weighted by molar-refractivity contribution is -0.137. The molecule has 0 radical (unpaired) electrons. The van der Waals surface area contributed by atoms with Crippen molar-refractivity contribution >= 4 is 12.1 Å². The Morgan fingerprint density at radius 3 is 2.58 bits per heavy atom. The molecule has 0 saturated heterocycles. The van der Waals surface area contributed by atoms with Gasteiger partial charge in [0, 0.05) is 12.7 Å². The van der Waals surface area contributed by atoms with E-state index in [9.17, 15) is 18.0 Å². The zero-order chi connectivity index (χ0) is 17.6. The summed E-state index contributed by atoms with van der Waals surface area (Å²) in [7, 11) is 0. The fourth-order valence-electron chi connectivity index (χ4n) is 2.09. The molecule has 2 aromatic rings. The van der Waals surface area contributed by atoms with Gasteiger partial charge in [-0.1, -0.05) is 42.0 Å². The van der Waals surface area contributed by atoms with Crippen molar-refractivity contribution in [1.82, 2.24) is 10.6 Å². The lowest BCUT2D eigenvalue weighted by Gasteiger charge is -2.07. The summed E-state index contributed by atoms with van der Waals surface area (Å²) in [6.07, 6.45) is -1.68. The smallest absolute Gasteiger partial charge is 0.334 e. The number of amides is 2. The number of hydrogen-bond acceptors (Lipinski definition) is 1. The summed E-state index contributed by atoms with van der Waals surface area (Å²) >= 11 is 0. The third kappa shape index (κ3) is 5.46. The normalized spacial score (nSPS) is 11.5. The van der Waals surface area contributed by atoms with Crippen LogP contribution in [-0.2, 0) is 12.7 Å². The number of nitrogens with one attached hydrogen (secondary N) is 2. The quantitative estimate of drug-likeness (QED) is 0.850. The number of aryl methyl sites for hydroxylation is 1. The number of hydrogen-bond donors (Lipinski definition) is 2. The average Bonchev–Trinajstić information content (AvgIpc) is 2.52. The van der Waals surface area contributed by atoms with E-state index >= 15 is 0 Å². The van der Waals surface area contributed by atoms with Crippen LogP contribution in [0.15, 0.2) is 54.7 Å². The molecule has 2 aromatic carbocycles. The number of rotatable bonds is 4. The van der Waals surface area contributed by atoms with Crippen LogP contribution in [0.4, 0.5) is 18.0 Å². The van der Waals surface area contributed by atoms with Gasteiger partial charge in [-0.2, -0.15) is 13.2 Å². The second kappa shape index (κ2) is 7.68. The van der Waals surface area contributed by atoms with E-state index in [4.69, 9.17) is 0 Å². The Bertz CT molecular complexity index is 739. The Hall–Kier alpha value is -2.76. The first-order chi connectivity index (χ1) is 11.3. The van der Waals surface area contributed by atoms with Gasteiger partial charge in [0.25, 0.3) is 0 Å². The van der Waals surface area contributed by atoms with Crippen LogP contribution >= 0.6 is 0 Å². The lowest BCUT2D eigenvalue weighted by Crippen LogP contribution is -2.31. The predicted octanol–water partition coefficient (Wildman–Crippen LogP) is 4.48. The van der Waals surface area contributed by atoms with Gasteiger partial charge in [0.05, 0.1) is 5.56 Å². The Labute approximate surface area is 138 Å². The van der Waals surface area contributed by atoms with Crippen molar-refractivity contribution in [2.45, 2.75) is 19.6 Å². The lowest BCUT2D eigenvalue weighted by atomic mass is 10.1. The largest absolute Gasteiger partial charge is 0.416 e. The van der Waals surface area contributed by atoms with Crippen molar-refractivity contribution in [2.24, 2.45) is 0 Å². The topological polar surface area (TPSA) is 41.1 Å². The van der Waals surface area contributed by atoms with E-state index in [2.05, 4.69) is 10.6 Å². The molecule has 0 aliphatic carbocycles. The molecule has 0 fully saturated rings. The summed E-state index contributed by atoms with van der Waals surface area (Å²) in [5.41, 5.74) is 1.68. The highest BCUT2D eigenvalue weighted by molar-refractivity contribution is 5.75. The molecule has 24 heavy (non-hydrogen) atoms. The molecule has 0 atom stereocenters. The highest BCUT2D eigenvalue weighted by Gasteiger charge is 2.30. The van der Waals surface area contributed by atoms with Crippen molar-refractivity contribution in [1.29, 1.82) is 0 Å². The summed E-state index contributed by atoms with van der Waals surface area (Å²) in [5, 5.41) is 5.13. The van der Waals surface area contributed by atoms with Crippen molar-refractivity contribution < 1.29 is 18.0 Å². The van der Waals surface area contributed by atoms with Crippen LogP contribution in [0.2, 0.25) is 0 Å². The minimum Gasteiger partial charge on any atom is -0.334 e. The van der Waals surface area contributed by atoms with Gasteiger partial charge in [-0.25, -0.2) is 4.79 Å². The Morgan fingerprint density at radius 1 is 1.12 bits per heavy atom. The number of carbonyl (C=O) groups is 1. The molecule has 0 spiro atoms. The zero-order valence-corrected chi connectivity index (χ0v) is 13.0. The first kappa shape index (κ1) is 17.6. The van der Waals surface area contributed by atoms with Crippen LogP contribution in [-0.4, -0.2) is 6.03 Å². The average molecular weight is 334 g/mol. The highest BCUT2D eigenvalue weighted by atomic mass is 19.4. The van der Waals surface area contributed by atoms with Crippen LogP contribution in [0.1, 0.15) is 22.3 Å². The molecule has 2 N–H and O–H groups in total. The molecule has 0 heterocycles. The van der Waals surface area contributed by atoms with Gasteiger partial charge < -0.3 is 10.6 Å². The molecule has 6 heteroatoms. The fraction of sp³-hybridized carbons (Fsp3) is 0.167. The molecule has 0 saturated carbocycles. The summed E-state index contributed by atoms with van der Waals surface area (Å²) in [6, 6.07) is 12.1. The van der Waals surface area contributed by atoms with Crippen LogP contribution in [0.5, 0.6) is 0 Å². The number of halogens is 3. The van der Waals surface area contributed by atoms with E-state index in [1.807, 2.05) is 31.2 Å². The Balaban J connectivity index is 1.86. The molecule has 2 amide bonds. The van der Waals surface area contributed by atoms with E-state index < -0.39 is 17.8 Å². The second-order valence-electron chi connectivity index (χ2n) is 5.27. The number of urea groups is 1. The van der Waals surface area contributed by atoms with Gasteiger partial charge in [-0.15, -0.1) is 0 Å². The maximum absolute atomic E-state index is 12.6. The molecular weight excluding hydrogens is 317 g/mol. The first-order valence-electron chi connectivity index (χ1n) is 7.28. The van der Waals surface area contributed by atoms with E-state index in [1.54, 1.807) is 0 Å². The number of benzene rings is 2. The molecule has 2 rings (SSSR count). The highest BCUT2D eigenvalue weighted by Crippen LogP contribution is 2.29.